The van der Waals surface area contributed by atoms with Gasteiger partial charge in [0, 0.05) is 29.9 Å². The van der Waals surface area contributed by atoms with E-state index >= 15 is 0 Å². The van der Waals surface area contributed by atoms with Crippen LogP contribution in [-0.2, 0) is 21.7 Å². The molecule has 1 N–H and O–H groups in total. The lowest BCUT2D eigenvalue weighted by molar-refractivity contribution is -0.166. The summed E-state index contributed by atoms with van der Waals surface area (Å²) in [5, 5.41) is 1.10. The number of ether oxygens (including phenoxy) is 1. The molecule has 0 spiro atoms. The Balaban J connectivity index is 1.48. The maximum Gasteiger partial charge on any atom is 0.255 e. The Morgan fingerprint density at radius 2 is 1.81 bits per heavy atom. The number of fused-ring (bicyclic) bond motifs is 5. The number of carbonyl (C=O) groups is 2. The first-order valence-corrected chi connectivity index (χ1v) is 12.3. The predicted octanol–water partition coefficient (Wildman–Crippen LogP) is 4.72. The summed E-state index contributed by atoms with van der Waals surface area (Å²) in [7, 11) is 1.62. The van der Waals surface area contributed by atoms with Gasteiger partial charge in [-0.3, -0.25) is 9.59 Å². The van der Waals surface area contributed by atoms with E-state index in [0.717, 1.165) is 39.0 Å². The number of piperazine rings is 1. The van der Waals surface area contributed by atoms with Gasteiger partial charge in [-0.2, -0.15) is 0 Å². The van der Waals surface area contributed by atoms with Crippen LogP contribution in [0.1, 0.15) is 40.8 Å². The molecule has 2 amide bonds. The fraction of sp³-hybridized carbons (Fsp3) is 0.267. The number of hydrogen-bond donors (Lipinski definition) is 1. The van der Waals surface area contributed by atoms with Crippen LogP contribution in [0, 0.1) is 6.92 Å². The van der Waals surface area contributed by atoms with Gasteiger partial charge in [-0.25, -0.2) is 0 Å². The second-order valence-electron chi connectivity index (χ2n) is 10.0. The average molecular weight is 480 g/mol. The van der Waals surface area contributed by atoms with Crippen molar-refractivity contribution < 1.29 is 14.3 Å². The summed E-state index contributed by atoms with van der Waals surface area (Å²) >= 11 is 0. The van der Waals surface area contributed by atoms with E-state index in [0.29, 0.717) is 13.1 Å². The zero-order valence-electron chi connectivity index (χ0n) is 20.7. The third-order valence-electron chi connectivity index (χ3n) is 7.80. The molecular weight excluding hydrogens is 450 g/mol. The largest absolute Gasteiger partial charge is 0.497 e. The lowest BCUT2D eigenvalue weighted by Gasteiger charge is -2.51. The van der Waals surface area contributed by atoms with Crippen molar-refractivity contribution in [3.8, 4) is 5.75 Å². The number of carbonyl (C=O) groups excluding carboxylic acids is 2. The molecule has 2 unspecified atom stereocenters. The summed E-state index contributed by atoms with van der Waals surface area (Å²) in [4.78, 5) is 34.9. The SMILES string of the molecule is COc1cccc(CN2CC(=O)N3CC(c4ccc(C)cc4)c4c([nH]c5ccccc45)C3(C)C2=O)c1. The summed E-state index contributed by atoms with van der Waals surface area (Å²) in [5.41, 5.74) is 5.06. The van der Waals surface area contributed by atoms with Gasteiger partial charge in [0.15, 0.2) is 5.54 Å². The van der Waals surface area contributed by atoms with Crippen LogP contribution >= 0.6 is 0 Å². The third-order valence-corrected chi connectivity index (χ3v) is 7.80. The fourth-order valence-corrected chi connectivity index (χ4v) is 5.89. The van der Waals surface area contributed by atoms with Crippen molar-refractivity contribution in [2.45, 2.75) is 31.8 Å². The number of nitrogens with one attached hydrogen (secondary N) is 1. The molecule has 1 fully saturated rings. The van der Waals surface area contributed by atoms with Crippen LogP contribution in [0.3, 0.4) is 0 Å². The summed E-state index contributed by atoms with van der Waals surface area (Å²) in [6.07, 6.45) is 0. The summed E-state index contributed by atoms with van der Waals surface area (Å²) < 4.78 is 5.36. The van der Waals surface area contributed by atoms with Crippen molar-refractivity contribution in [2.75, 3.05) is 20.2 Å². The topological polar surface area (TPSA) is 65.6 Å². The van der Waals surface area contributed by atoms with E-state index in [1.807, 2.05) is 49.4 Å². The van der Waals surface area contributed by atoms with Crippen LogP contribution in [0.2, 0.25) is 0 Å². The quantitative estimate of drug-likeness (QED) is 0.461. The highest BCUT2D eigenvalue weighted by molar-refractivity contribution is 6.01. The minimum absolute atomic E-state index is 0.0218. The van der Waals surface area contributed by atoms with Crippen molar-refractivity contribution in [3.63, 3.8) is 0 Å². The van der Waals surface area contributed by atoms with Gasteiger partial charge in [0.05, 0.1) is 12.8 Å². The van der Waals surface area contributed by atoms with Gasteiger partial charge >= 0.3 is 0 Å². The van der Waals surface area contributed by atoms with Gasteiger partial charge in [0.25, 0.3) is 5.91 Å². The van der Waals surface area contributed by atoms with E-state index in [1.165, 1.54) is 5.56 Å². The van der Waals surface area contributed by atoms with Gasteiger partial charge < -0.3 is 19.5 Å². The van der Waals surface area contributed by atoms with Crippen LogP contribution in [0.25, 0.3) is 10.9 Å². The van der Waals surface area contributed by atoms with Crippen molar-refractivity contribution in [1.29, 1.82) is 0 Å². The number of aromatic nitrogens is 1. The zero-order chi connectivity index (χ0) is 25.0. The number of aryl methyl sites for hydroxylation is 1. The summed E-state index contributed by atoms with van der Waals surface area (Å²) in [6, 6.07) is 24.3. The number of para-hydroxylation sites is 1. The number of amides is 2. The maximum atomic E-state index is 14.2. The first kappa shape index (κ1) is 22.4. The number of nitrogens with zero attached hydrogens (tertiary/aromatic N) is 2. The maximum absolute atomic E-state index is 14.2. The van der Waals surface area contributed by atoms with E-state index < -0.39 is 5.54 Å². The molecule has 0 radical (unpaired) electrons. The van der Waals surface area contributed by atoms with Crippen LogP contribution in [-0.4, -0.2) is 46.8 Å². The molecule has 1 aromatic heterocycles. The molecule has 36 heavy (non-hydrogen) atoms. The Bertz CT molecular complexity index is 1490. The molecule has 2 atom stereocenters. The van der Waals surface area contributed by atoms with Crippen LogP contribution in [0.15, 0.2) is 72.8 Å². The van der Waals surface area contributed by atoms with E-state index in [2.05, 4.69) is 42.2 Å². The van der Waals surface area contributed by atoms with Gasteiger partial charge in [0.2, 0.25) is 5.91 Å². The van der Waals surface area contributed by atoms with Crippen LogP contribution in [0.4, 0.5) is 0 Å². The molecule has 3 aromatic carbocycles. The Morgan fingerprint density at radius 1 is 1.03 bits per heavy atom. The van der Waals surface area contributed by atoms with Gasteiger partial charge in [-0.15, -0.1) is 0 Å². The lowest BCUT2D eigenvalue weighted by atomic mass is 9.76. The third kappa shape index (κ3) is 3.32. The normalized spacial score (nSPS) is 21.5. The number of hydrogen-bond acceptors (Lipinski definition) is 3. The standard InChI is InChI=1S/C30H29N3O3/c1-19-11-13-21(14-12-19)24-17-33-26(34)18-32(16-20-7-6-8-22(15-20)36-3)29(35)30(33,2)28-27(24)23-9-4-5-10-25(23)31-28/h4-15,24,31H,16-18H2,1-3H3. The van der Waals surface area contributed by atoms with Gasteiger partial charge in [-0.1, -0.05) is 60.2 Å². The number of rotatable bonds is 4. The molecule has 3 heterocycles. The molecule has 6 heteroatoms. The first-order valence-electron chi connectivity index (χ1n) is 12.3. The Labute approximate surface area is 210 Å². The molecule has 0 aliphatic carbocycles. The van der Waals surface area contributed by atoms with Crippen LogP contribution < -0.4 is 4.74 Å². The Hall–Kier alpha value is -4.06. The van der Waals surface area contributed by atoms with Crippen molar-refractivity contribution in [1.82, 2.24) is 14.8 Å². The second kappa shape index (κ2) is 8.26. The average Bonchev–Trinajstić information content (AvgIpc) is 3.29. The highest BCUT2D eigenvalue weighted by Gasteiger charge is 2.56. The highest BCUT2D eigenvalue weighted by atomic mass is 16.5. The first-order chi connectivity index (χ1) is 17.4. The number of methoxy groups -OCH3 is 1. The molecule has 0 bridgehead atoms. The second-order valence-corrected chi connectivity index (χ2v) is 10.0. The number of H-pyrrole nitrogens is 1. The minimum atomic E-state index is -1.11. The van der Waals surface area contributed by atoms with Crippen molar-refractivity contribution in [3.05, 3.63) is 101 Å². The summed E-state index contributed by atoms with van der Waals surface area (Å²) in [5.74, 6) is 0.598. The van der Waals surface area contributed by atoms with E-state index in [4.69, 9.17) is 4.74 Å². The molecule has 6 rings (SSSR count). The Kier molecular flexibility index (Phi) is 5.14. The highest BCUT2D eigenvalue weighted by Crippen LogP contribution is 2.48. The Morgan fingerprint density at radius 3 is 2.58 bits per heavy atom. The molecule has 182 valence electrons. The predicted molar refractivity (Wildman–Crippen MR) is 139 cm³/mol. The minimum Gasteiger partial charge on any atom is -0.497 e. The summed E-state index contributed by atoms with van der Waals surface area (Å²) in [6.45, 7) is 4.84. The van der Waals surface area contributed by atoms with Gasteiger partial charge in [0.1, 0.15) is 12.3 Å². The van der Waals surface area contributed by atoms with Gasteiger partial charge in [-0.05, 0) is 48.7 Å². The fourth-order valence-electron chi connectivity index (χ4n) is 5.89. The number of benzene rings is 3. The molecule has 2 aliphatic heterocycles. The van der Waals surface area contributed by atoms with E-state index in [-0.39, 0.29) is 24.3 Å². The molecular formula is C30H29N3O3. The lowest BCUT2D eigenvalue weighted by Crippen LogP contribution is -2.67. The molecule has 4 aromatic rings. The van der Waals surface area contributed by atoms with Crippen molar-refractivity contribution >= 4 is 22.7 Å². The molecule has 0 saturated carbocycles. The molecule has 6 nitrogen and oxygen atoms in total. The van der Waals surface area contributed by atoms with Crippen LogP contribution in [0.5, 0.6) is 5.75 Å². The zero-order valence-corrected chi connectivity index (χ0v) is 20.7. The van der Waals surface area contributed by atoms with E-state index in [9.17, 15) is 9.59 Å². The monoisotopic (exact) mass is 479 g/mol. The number of aromatic amines is 1. The van der Waals surface area contributed by atoms with Crippen molar-refractivity contribution in [2.24, 2.45) is 0 Å². The molecule has 2 aliphatic rings. The van der Waals surface area contributed by atoms with E-state index in [1.54, 1.807) is 16.9 Å². The smallest absolute Gasteiger partial charge is 0.255 e. The molecule has 1 saturated heterocycles.